The number of aryl methyl sites for hydroxylation is 1. The Labute approximate surface area is 130 Å². The number of amides is 1. The number of aliphatic hydroxyl groups excluding tert-OH is 1. The predicted octanol–water partition coefficient (Wildman–Crippen LogP) is 0.609. The molecule has 2 aromatic rings. The summed E-state index contributed by atoms with van der Waals surface area (Å²) in [4.78, 5) is 21.3. The molecule has 1 heterocycles. The Morgan fingerprint density at radius 1 is 1.41 bits per heavy atom. The zero-order chi connectivity index (χ0) is 15.9. The highest BCUT2D eigenvalue weighted by Gasteiger charge is 2.21. The minimum Gasteiger partial charge on any atom is -0.395 e. The zero-order valence-corrected chi connectivity index (χ0v) is 12.7. The highest BCUT2D eigenvalue weighted by molar-refractivity contribution is 5.82. The molecule has 1 atom stereocenters. The van der Waals surface area contributed by atoms with Crippen molar-refractivity contribution in [2.45, 2.75) is 25.9 Å². The van der Waals surface area contributed by atoms with Crippen LogP contribution in [0.3, 0.4) is 0 Å². The van der Waals surface area contributed by atoms with E-state index in [9.17, 15) is 9.90 Å². The number of hydrogen-bond acceptors (Lipinski definition) is 4. The number of aromatic nitrogens is 2. The first-order valence-corrected chi connectivity index (χ1v) is 7.29. The lowest BCUT2D eigenvalue weighted by Gasteiger charge is -2.24. The van der Waals surface area contributed by atoms with Gasteiger partial charge in [-0.3, -0.25) is 4.79 Å². The van der Waals surface area contributed by atoms with Gasteiger partial charge in [0.2, 0.25) is 5.91 Å². The first-order chi connectivity index (χ1) is 10.6. The maximum atomic E-state index is 12.5. The van der Waals surface area contributed by atoms with Gasteiger partial charge in [-0.15, -0.1) is 0 Å². The van der Waals surface area contributed by atoms with Crippen LogP contribution in [0.5, 0.6) is 0 Å². The molecule has 0 aliphatic heterocycles. The number of H-pyrrole nitrogens is 1. The molecule has 0 aliphatic carbocycles. The van der Waals surface area contributed by atoms with Crippen LogP contribution in [0.15, 0.2) is 36.5 Å². The number of aliphatic hydroxyl groups is 1. The Hall–Kier alpha value is -2.18. The fourth-order valence-electron chi connectivity index (χ4n) is 2.34. The van der Waals surface area contributed by atoms with Crippen LogP contribution < -0.4 is 5.73 Å². The van der Waals surface area contributed by atoms with Crippen LogP contribution in [-0.4, -0.2) is 45.1 Å². The molecule has 4 N–H and O–H groups in total. The van der Waals surface area contributed by atoms with E-state index in [1.807, 2.05) is 37.3 Å². The number of nitrogens with zero attached hydrogens (tertiary/aromatic N) is 2. The highest BCUT2D eigenvalue weighted by atomic mass is 16.3. The molecule has 1 amide bonds. The third kappa shape index (κ3) is 4.41. The summed E-state index contributed by atoms with van der Waals surface area (Å²) in [6.45, 7) is 2.36. The topological polar surface area (TPSA) is 95.2 Å². The highest BCUT2D eigenvalue weighted by Crippen LogP contribution is 2.08. The van der Waals surface area contributed by atoms with Gasteiger partial charge in [-0.2, -0.15) is 0 Å². The van der Waals surface area contributed by atoms with Gasteiger partial charge in [0, 0.05) is 6.54 Å². The summed E-state index contributed by atoms with van der Waals surface area (Å²) in [7, 11) is 0. The fourth-order valence-corrected chi connectivity index (χ4v) is 2.34. The van der Waals surface area contributed by atoms with E-state index < -0.39 is 6.04 Å². The average Bonchev–Trinajstić information content (AvgIpc) is 2.92. The van der Waals surface area contributed by atoms with Crippen LogP contribution in [0.25, 0.3) is 0 Å². The third-order valence-electron chi connectivity index (χ3n) is 3.41. The summed E-state index contributed by atoms with van der Waals surface area (Å²) in [6.07, 6.45) is 2.17. The molecule has 0 unspecified atom stereocenters. The summed E-state index contributed by atoms with van der Waals surface area (Å²) in [5.74, 6) is 0.616. The van der Waals surface area contributed by atoms with Gasteiger partial charge < -0.3 is 20.7 Å². The second-order valence-electron chi connectivity index (χ2n) is 5.27. The van der Waals surface area contributed by atoms with E-state index in [0.717, 1.165) is 17.1 Å². The van der Waals surface area contributed by atoms with Gasteiger partial charge in [-0.1, -0.05) is 30.3 Å². The maximum Gasteiger partial charge on any atom is 0.240 e. The Bertz CT molecular complexity index is 597. The quantitative estimate of drug-likeness (QED) is 0.698. The number of aromatic amines is 1. The van der Waals surface area contributed by atoms with Crippen molar-refractivity contribution in [2.24, 2.45) is 5.73 Å². The molecule has 0 saturated heterocycles. The average molecular weight is 302 g/mol. The molecule has 6 heteroatoms. The number of benzene rings is 1. The van der Waals surface area contributed by atoms with Gasteiger partial charge >= 0.3 is 0 Å². The summed E-state index contributed by atoms with van der Waals surface area (Å²) >= 11 is 0. The van der Waals surface area contributed by atoms with E-state index in [0.29, 0.717) is 13.0 Å². The van der Waals surface area contributed by atoms with E-state index in [2.05, 4.69) is 9.97 Å². The van der Waals surface area contributed by atoms with E-state index >= 15 is 0 Å². The summed E-state index contributed by atoms with van der Waals surface area (Å²) in [5.41, 5.74) is 7.88. The smallest absolute Gasteiger partial charge is 0.240 e. The van der Waals surface area contributed by atoms with Gasteiger partial charge in [-0.05, 0) is 18.9 Å². The van der Waals surface area contributed by atoms with Crippen molar-refractivity contribution in [3.05, 3.63) is 53.6 Å². The fraction of sp³-hybridized carbons (Fsp3) is 0.375. The SMILES string of the molecule is Cc1ncc(CN(CCO)C(=O)[C@H](N)Cc2ccccc2)[nH]1. The Morgan fingerprint density at radius 3 is 2.73 bits per heavy atom. The molecule has 22 heavy (non-hydrogen) atoms. The molecule has 0 spiro atoms. The monoisotopic (exact) mass is 302 g/mol. The van der Waals surface area contributed by atoms with Gasteiger partial charge in [-0.25, -0.2) is 4.98 Å². The maximum absolute atomic E-state index is 12.5. The molecule has 0 bridgehead atoms. The molecule has 118 valence electrons. The lowest BCUT2D eigenvalue weighted by Crippen LogP contribution is -2.45. The molecule has 2 rings (SSSR count). The van der Waals surface area contributed by atoms with Gasteiger partial charge in [0.05, 0.1) is 31.1 Å². The summed E-state index contributed by atoms with van der Waals surface area (Å²) in [5, 5.41) is 9.18. The molecule has 0 radical (unpaired) electrons. The lowest BCUT2D eigenvalue weighted by molar-refractivity contribution is -0.133. The number of rotatable bonds is 7. The van der Waals surface area contributed by atoms with Crippen molar-refractivity contribution in [1.82, 2.24) is 14.9 Å². The predicted molar refractivity (Wildman–Crippen MR) is 83.9 cm³/mol. The number of carbonyl (C=O) groups excluding carboxylic acids is 1. The molecular formula is C16H22N4O2. The third-order valence-corrected chi connectivity index (χ3v) is 3.41. The molecule has 6 nitrogen and oxygen atoms in total. The zero-order valence-electron chi connectivity index (χ0n) is 12.7. The number of hydrogen-bond donors (Lipinski definition) is 3. The lowest BCUT2D eigenvalue weighted by atomic mass is 10.1. The summed E-state index contributed by atoms with van der Waals surface area (Å²) in [6, 6.07) is 9.04. The van der Waals surface area contributed by atoms with Crippen LogP contribution in [0.4, 0.5) is 0 Å². The van der Waals surface area contributed by atoms with E-state index in [1.54, 1.807) is 11.1 Å². The number of nitrogens with two attached hydrogens (primary N) is 1. The number of imidazole rings is 1. The Kier molecular flexibility index (Phi) is 5.68. The second-order valence-corrected chi connectivity index (χ2v) is 5.27. The molecular weight excluding hydrogens is 280 g/mol. The van der Waals surface area contributed by atoms with Crippen molar-refractivity contribution in [3.8, 4) is 0 Å². The minimum atomic E-state index is -0.627. The number of nitrogens with one attached hydrogen (secondary N) is 1. The second kappa shape index (κ2) is 7.72. The summed E-state index contributed by atoms with van der Waals surface area (Å²) < 4.78 is 0. The minimum absolute atomic E-state index is 0.100. The largest absolute Gasteiger partial charge is 0.395 e. The van der Waals surface area contributed by atoms with Gasteiger partial charge in [0.1, 0.15) is 5.82 Å². The van der Waals surface area contributed by atoms with E-state index in [-0.39, 0.29) is 19.1 Å². The van der Waals surface area contributed by atoms with Crippen LogP contribution in [0.2, 0.25) is 0 Å². The van der Waals surface area contributed by atoms with Crippen molar-refractivity contribution in [1.29, 1.82) is 0 Å². The Balaban J connectivity index is 2.01. The first-order valence-electron chi connectivity index (χ1n) is 7.29. The van der Waals surface area contributed by atoms with E-state index in [1.165, 1.54) is 0 Å². The van der Waals surface area contributed by atoms with E-state index in [4.69, 9.17) is 5.73 Å². The molecule has 1 aromatic heterocycles. The Morgan fingerprint density at radius 2 is 2.14 bits per heavy atom. The van der Waals surface area contributed by atoms with Crippen LogP contribution >= 0.6 is 0 Å². The standard InChI is InChI=1S/C16H22N4O2/c1-12-18-10-14(19-12)11-20(7-8-21)16(22)15(17)9-13-5-3-2-4-6-13/h2-6,10,15,21H,7-9,11,17H2,1H3,(H,18,19)/t15-/m1/s1. The first kappa shape index (κ1) is 16.2. The van der Waals surface area contributed by atoms with Gasteiger partial charge in [0.15, 0.2) is 0 Å². The van der Waals surface area contributed by atoms with Crippen molar-refractivity contribution in [2.75, 3.05) is 13.2 Å². The van der Waals surface area contributed by atoms with Crippen LogP contribution in [-0.2, 0) is 17.8 Å². The van der Waals surface area contributed by atoms with Crippen molar-refractivity contribution < 1.29 is 9.90 Å². The molecule has 0 fully saturated rings. The van der Waals surface area contributed by atoms with Crippen LogP contribution in [0, 0.1) is 6.92 Å². The van der Waals surface area contributed by atoms with Gasteiger partial charge in [0.25, 0.3) is 0 Å². The van der Waals surface area contributed by atoms with Crippen molar-refractivity contribution in [3.63, 3.8) is 0 Å². The molecule has 0 saturated carbocycles. The normalized spacial score (nSPS) is 12.1. The molecule has 1 aromatic carbocycles. The molecule has 0 aliphatic rings. The van der Waals surface area contributed by atoms with Crippen molar-refractivity contribution >= 4 is 5.91 Å². The number of carbonyl (C=O) groups is 1. The van der Waals surface area contributed by atoms with Crippen LogP contribution in [0.1, 0.15) is 17.1 Å².